The predicted octanol–water partition coefficient (Wildman–Crippen LogP) is 1.90. The van der Waals surface area contributed by atoms with Gasteiger partial charge in [0.1, 0.15) is 9.09 Å². The Bertz CT molecular complexity index is 1080. The predicted molar refractivity (Wildman–Crippen MR) is 105 cm³/mol. The fourth-order valence-corrected chi connectivity index (χ4v) is 6.86. The van der Waals surface area contributed by atoms with Crippen LogP contribution in [0.4, 0.5) is 5.13 Å². The Morgan fingerprint density at radius 1 is 1.19 bits per heavy atom. The van der Waals surface area contributed by atoms with Gasteiger partial charge in [-0.25, -0.2) is 18.2 Å². The van der Waals surface area contributed by atoms with E-state index in [1.165, 1.54) is 33.2 Å². The zero-order valence-corrected chi connectivity index (χ0v) is 16.5. The summed E-state index contributed by atoms with van der Waals surface area (Å²) in [4.78, 5) is 22.1. The van der Waals surface area contributed by atoms with Crippen molar-refractivity contribution in [1.82, 2.24) is 9.29 Å². The van der Waals surface area contributed by atoms with Crippen LogP contribution in [0.1, 0.15) is 9.67 Å². The highest BCUT2D eigenvalue weighted by atomic mass is 32.2. The van der Waals surface area contributed by atoms with Gasteiger partial charge in [0.2, 0.25) is 0 Å². The number of carbonyl (C=O) groups is 1. The first-order valence-corrected chi connectivity index (χ1v) is 11.2. The van der Waals surface area contributed by atoms with Crippen molar-refractivity contribution in [3.05, 3.63) is 40.7 Å². The molecule has 27 heavy (non-hydrogen) atoms. The Hall–Kier alpha value is -2.05. The summed E-state index contributed by atoms with van der Waals surface area (Å²) in [5, 5.41) is 4.21. The number of hydrogen-bond donors (Lipinski definition) is 1. The van der Waals surface area contributed by atoms with Gasteiger partial charge in [-0.15, -0.1) is 11.3 Å². The van der Waals surface area contributed by atoms with Gasteiger partial charge in [-0.2, -0.15) is 10.2 Å². The van der Waals surface area contributed by atoms with Gasteiger partial charge < -0.3 is 9.74 Å². The van der Waals surface area contributed by atoms with Crippen molar-refractivity contribution >= 4 is 54.6 Å². The van der Waals surface area contributed by atoms with Crippen molar-refractivity contribution < 1.29 is 18.0 Å². The molecular weight excluding hydrogens is 408 g/mol. The van der Waals surface area contributed by atoms with Crippen LogP contribution in [0.5, 0.6) is 0 Å². The fourth-order valence-electron chi connectivity index (χ4n) is 2.97. The molecule has 2 aromatic heterocycles. The monoisotopic (exact) mass is 424 g/mol. The number of sulfonamides is 1. The summed E-state index contributed by atoms with van der Waals surface area (Å²) in [6.45, 7) is 1.69. The van der Waals surface area contributed by atoms with E-state index in [-0.39, 0.29) is 0 Å². The number of carbonyl (C=O) groups excluding carboxylic acids is 1. The molecule has 1 saturated heterocycles. The number of rotatable bonds is 4. The smallest absolute Gasteiger partial charge is 0.368 e. The molecule has 3 heterocycles. The fraction of sp³-hybridized carbons (Fsp3) is 0.250. The van der Waals surface area contributed by atoms with Crippen LogP contribution in [0.15, 0.2) is 40.1 Å². The van der Waals surface area contributed by atoms with E-state index in [0.29, 0.717) is 40.4 Å². The summed E-state index contributed by atoms with van der Waals surface area (Å²) in [5.41, 5.74) is 0. The second kappa shape index (κ2) is 7.17. The minimum absolute atomic E-state index is 0.313. The van der Waals surface area contributed by atoms with Crippen molar-refractivity contribution in [1.29, 1.82) is 0 Å². The Morgan fingerprint density at radius 2 is 1.93 bits per heavy atom. The van der Waals surface area contributed by atoms with Crippen LogP contribution in [-0.2, 0) is 14.9 Å². The lowest BCUT2D eigenvalue weighted by atomic mass is 10.2. The highest BCUT2D eigenvalue weighted by Crippen LogP contribution is 2.33. The molecule has 0 saturated carbocycles. The molecule has 0 spiro atoms. The van der Waals surface area contributed by atoms with Gasteiger partial charge >= 0.3 is 5.97 Å². The standard InChI is InChI=1S/C16H16N4O4S3/c17-24-14(21)13-9-18-16(26-13)19-5-7-20(8-6-19)27(22,23)15-12-4-2-1-3-11(12)10-25-15/h1-4,9-10H,5-8,17H2. The molecule has 1 aliphatic heterocycles. The number of thiophene rings is 1. The van der Waals surface area contributed by atoms with Gasteiger partial charge in [-0.05, 0) is 10.8 Å². The van der Waals surface area contributed by atoms with Crippen molar-refractivity contribution in [2.75, 3.05) is 31.1 Å². The number of benzene rings is 1. The average Bonchev–Trinajstić information content (AvgIpc) is 3.35. The first kappa shape index (κ1) is 18.3. The molecule has 1 aromatic carbocycles. The minimum Gasteiger partial charge on any atom is -0.369 e. The third-order valence-corrected chi connectivity index (χ3v) is 8.86. The lowest BCUT2D eigenvalue weighted by Gasteiger charge is -2.33. The maximum absolute atomic E-state index is 13.1. The van der Waals surface area contributed by atoms with E-state index < -0.39 is 16.0 Å². The van der Waals surface area contributed by atoms with Gasteiger partial charge in [0.05, 0.1) is 6.20 Å². The lowest BCUT2D eigenvalue weighted by Crippen LogP contribution is -2.48. The van der Waals surface area contributed by atoms with Gasteiger partial charge in [0.15, 0.2) is 5.13 Å². The topological polar surface area (TPSA) is 106 Å². The highest BCUT2D eigenvalue weighted by molar-refractivity contribution is 7.91. The van der Waals surface area contributed by atoms with Crippen molar-refractivity contribution in [3.8, 4) is 0 Å². The summed E-state index contributed by atoms with van der Waals surface area (Å²) in [6, 6.07) is 7.49. The van der Waals surface area contributed by atoms with Gasteiger partial charge in [-0.1, -0.05) is 35.6 Å². The number of thiazole rings is 1. The highest BCUT2D eigenvalue weighted by Gasteiger charge is 2.31. The maximum Gasteiger partial charge on any atom is 0.368 e. The van der Waals surface area contributed by atoms with Crippen LogP contribution in [0.3, 0.4) is 0 Å². The summed E-state index contributed by atoms with van der Waals surface area (Å²) in [6.07, 6.45) is 1.41. The number of fused-ring (bicyclic) bond motifs is 1. The second-order valence-corrected chi connectivity index (χ2v) is 9.94. The van der Waals surface area contributed by atoms with Crippen LogP contribution in [0, 0.1) is 0 Å². The summed E-state index contributed by atoms with van der Waals surface area (Å²) < 4.78 is 28.0. The third kappa shape index (κ3) is 3.32. The summed E-state index contributed by atoms with van der Waals surface area (Å²) in [5.74, 6) is 4.25. The molecule has 3 aromatic rings. The van der Waals surface area contributed by atoms with E-state index in [4.69, 9.17) is 5.90 Å². The van der Waals surface area contributed by atoms with Crippen LogP contribution >= 0.6 is 22.7 Å². The van der Waals surface area contributed by atoms with Crippen molar-refractivity contribution in [2.45, 2.75) is 4.21 Å². The zero-order valence-electron chi connectivity index (χ0n) is 14.1. The molecule has 0 radical (unpaired) electrons. The number of aromatic nitrogens is 1. The number of nitrogens with two attached hydrogens (primary N) is 1. The number of nitrogens with zero attached hydrogens (tertiary/aromatic N) is 3. The van der Waals surface area contributed by atoms with E-state index in [0.717, 1.165) is 10.8 Å². The Kier molecular flexibility index (Phi) is 4.86. The van der Waals surface area contributed by atoms with Crippen LogP contribution < -0.4 is 10.8 Å². The van der Waals surface area contributed by atoms with E-state index in [2.05, 4.69) is 9.82 Å². The van der Waals surface area contributed by atoms with E-state index >= 15 is 0 Å². The lowest BCUT2D eigenvalue weighted by molar-refractivity contribution is 0.0509. The molecule has 8 nitrogen and oxygen atoms in total. The minimum atomic E-state index is -3.55. The van der Waals surface area contributed by atoms with Gasteiger partial charge in [0, 0.05) is 31.6 Å². The van der Waals surface area contributed by atoms with E-state index in [1.807, 2.05) is 34.5 Å². The number of anilines is 1. The van der Waals surface area contributed by atoms with Crippen LogP contribution in [0.2, 0.25) is 0 Å². The Balaban J connectivity index is 1.50. The number of piperazine rings is 1. The van der Waals surface area contributed by atoms with E-state index in [9.17, 15) is 13.2 Å². The molecule has 1 aliphatic rings. The van der Waals surface area contributed by atoms with Crippen LogP contribution in [0.25, 0.3) is 10.8 Å². The molecule has 4 rings (SSSR count). The molecule has 1 fully saturated rings. The second-order valence-electron chi connectivity index (χ2n) is 5.91. The quantitative estimate of drug-likeness (QED) is 0.638. The molecule has 0 unspecified atom stereocenters. The molecule has 2 N–H and O–H groups in total. The third-order valence-electron chi connectivity index (χ3n) is 4.36. The molecule has 11 heteroatoms. The van der Waals surface area contributed by atoms with Gasteiger partial charge in [0.25, 0.3) is 10.0 Å². The SMILES string of the molecule is NOC(=O)c1cnc(N2CCN(S(=O)(=O)c3scc4ccccc34)CC2)s1. The number of hydrogen-bond acceptors (Lipinski definition) is 9. The maximum atomic E-state index is 13.1. The molecular formula is C16H16N4O4S3. The summed E-state index contributed by atoms with van der Waals surface area (Å²) in [7, 11) is -3.55. The Labute approximate surface area is 163 Å². The first-order valence-electron chi connectivity index (χ1n) is 8.09. The average molecular weight is 425 g/mol. The Morgan fingerprint density at radius 3 is 2.67 bits per heavy atom. The van der Waals surface area contributed by atoms with Gasteiger partial charge in [-0.3, -0.25) is 0 Å². The summed E-state index contributed by atoms with van der Waals surface area (Å²) >= 11 is 2.43. The molecule has 0 aliphatic carbocycles. The largest absolute Gasteiger partial charge is 0.369 e. The van der Waals surface area contributed by atoms with Crippen molar-refractivity contribution in [3.63, 3.8) is 0 Å². The molecule has 0 atom stereocenters. The molecule has 0 amide bonds. The first-order chi connectivity index (χ1) is 13.0. The zero-order chi connectivity index (χ0) is 19.0. The molecule has 0 bridgehead atoms. The van der Waals surface area contributed by atoms with Crippen molar-refractivity contribution in [2.24, 2.45) is 5.90 Å². The molecule has 142 valence electrons. The van der Waals surface area contributed by atoms with E-state index in [1.54, 1.807) is 0 Å². The normalized spacial score (nSPS) is 16.0. The van der Waals surface area contributed by atoms with Crippen LogP contribution in [-0.4, -0.2) is 49.9 Å².